The fraction of sp³-hybridized carbons (Fsp3) is 0.600. The van der Waals surface area contributed by atoms with E-state index >= 15 is 0 Å². The van der Waals surface area contributed by atoms with Gasteiger partial charge < -0.3 is 9.84 Å². The summed E-state index contributed by atoms with van der Waals surface area (Å²) in [4.78, 5) is 0. The Kier molecular flexibility index (Phi) is 4.90. The van der Waals surface area contributed by atoms with Crippen molar-refractivity contribution in [2.24, 2.45) is 0 Å². The average molecular weight is 269 g/mol. The standard InChI is InChI=1S/C15H21ClO2/c1-11(17)14-10-12(16)8-9-15(14)18-13-6-4-2-3-5-7-13/h8-11,13,17H,2-7H2,1H3. The lowest BCUT2D eigenvalue weighted by Gasteiger charge is -2.20. The van der Waals surface area contributed by atoms with Crippen LogP contribution in [0.1, 0.15) is 57.1 Å². The van der Waals surface area contributed by atoms with E-state index in [4.69, 9.17) is 16.3 Å². The molecule has 0 spiro atoms. The molecule has 1 aliphatic rings. The summed E-state index contributed by atoms with van der Waals surface area (Å²) in [5.41, 5.74) is 0.784. The fourth-order valence-corrected chi connectivity index (χ4v) is 2.67. The highest BCUT2D eigenvalue weighted by molar-refractivity contribution is 6.30. The molecule has 0 radical (unpaired) electrons. The Hall–Kier alpha value is -0.730. The topological polar surface area (TPSA) is 29.5 Å². The molecule has 2 nitrogen and oxygen atoms in total. The van der Waals surface area contributed by atoms with Crippen LogP contribution in [0.25, 0.3) is 0 Å². The van der Waals surface area contributed by atoms with Crippen LogP contribution in [0.4, 0.5) is 0 Å². The maximum absolute atomic E-state index is 9.78. The Bertz CT molecular complexity index is 382. The molecule has 0 amide bonds. The quantitative estimate of drug-likeness (QED) is 0.818. The number of halogens is 1. The van der Waals surface area contributed by atoms with Gasteiger partial charge in [-0.3, -0.25) is 0 Å². The first-order chi connectivity index (χ1) is 8.66. The summed E-state index contributed by atoms with van der Waals surface area (Å²) in [6.07, 6.45) is 7.05. The normalized spacial score (nSPS) is 19.3. The zero-order valence-electron chi connectivity index (χ0n) is 10.9. The zero-order chi connectivity index (χ0) is 13.0. The first-order valence-electron chi connectivity index (χ1n) is 6.81. The van der Waals surface area contributed by atoms with E-state index in [1.165, 1.54) is 25.7 Å². The summed E-state index contributed by atoms with van der Waals surface area (Å²) in [7, 11) is 0. The van der Waals surface area contributed by atoms with Crippen LogP contribution >= 0.6 is 11.6 Å². The molecule has 0 heterocycles. The van der Waals surface area contributed by atoms with Crippen molar-refractivity contribution in [2.45, 2.75) is 57.7 Å². The molecule has 1 unspecified atom stereocenters. The van der Waals surface area contributed by atoms with E-state index in [0.717, 1.165) is 24.2 Å². The third-order valence-electron chi connectivity index (χ3n) is 3.52. The number of ether oxygens (including phenoxy) is 1. The molecule has 18 heavy (non-hydrogen) atoms. The molecule has 1 atom stereocenters. The second kappa shape index (κ2) is 6.44. The first kappa shape index (κ1) is 13.7. The Morgan fingerprint density at radius 2 is 1.89 bits per heavy atom. The van der Waals surface area contributed by atoms with Gasteiger partial charge in [-0.25, -0.2) is 0 Å². The van der Waals surface area contributed by atoms with E-state index < -0.39 is 6.10 Å². The number of benzene rings is 1. The lowest BCUT2D eigenvalue weighted by Crippen LogP contribution is -2.16. The highest BCUT2D eigenvalue weighted by Gasteiger charge is 2.17. The van der Waals surface area contributed by atoms with Crippen molar-refractivity contribution in [3.05, 3.63) is 28.8 Å². The van der Waals surface area contributed by atoms with Crippen LogP contribution in [0.15, 0.2) is 18.2 Å². The smallest absolute Gasteiger partial charge is 0.125 e. The number of hydrogen-bond acceptors (Lipinski definition) is 2. The molecular weight excluding hydrogens is 248 g/mol. The van der Waals surface area contributed by atoms with Gasteiger partial charge in [0.05, 0.1) is 12.2 Å². The van der Waals surface area contributed by atoms with Crippen molar-refractivity contribution in [1.29, 1.82) is 0 Å². The maximum atomic E-state index is 9.78. The molecule has 1 saturated carbocycles. The van der Waals surface area contributed by atoms with E-state index in [-0.39, 0.29) is 6.10 Å². The minimum atomic E-state index is -0.551. The molecule has 2 rings (SSSR count). The van der Waals surface area contributed by atoms with E-state index in [1.807, 2.05) is 12.1 Å². The molecule has 0 aliphatic heterocycles. The number of aliphatic hydroxyl groups excluding tert-OH is 1. The Labute approximate surface area is 114 Å². The fourth-order valence-electron chi connectivity index (χ4n) is 2.49. The van der Waals surface area contributed by atoms with Gasteiger partial charge in [-0.05, 0) is 50.8 Å². The molecule has 100 valence electrons. The zero-order valence-corrected chi connectivity index (χ0v) is 11.6. The van der Waals surface area contributed by atoms with Gasteiger partial charge >= 0.3 is 0 Å². The third-order valence-corrected chi connectivity index (χ3v) is 3.75. The number of rotatable bonds is 3. The van der Waals surface area contributed by atoms with Gasteiger partial charge in [0, 0.05) is 10.6 Å². The summed E-state index contributed by atoms with van der Waals surface area (Å²) in [6, 6.07) is 5.48. The molecule has 1 aromatic rings. The van der Waals surface area contributed by atoms with Gasteiger partial charge in [-0.2, -0.15) is 0 Å². The molecular formula is C15H21ClO2. The van der Waals surface area contributed by atoms with Gasteiger partial charge in [-0.15, -0.1) is 0 Å². The average Bonchev–Trinajstić information content (AvgIpc) is 2.60. The maximum Gasteiger partial charge on any atom is 0.125 e. The van der Waals surface area contributed by atoms with Crippen LogP contribution in [0.2, 0.25) is 5.02 Å². The molecule has 1 aromatic carbocycles. The highest BCUT2D eigenvalue weighted by Crippen LogP contribution is 2.31. The highest BCUT2D eigenvalue weighted by atomic mass is 35.5. The van der Waals surface area contributed by atoms with Crippen LogP contribution in [0, 0.1) is 0 Å². The second-order valence-corrected chi connectivity index (χ2v) is 5.53. The van der Waals surface area contributed by atoms with Crippen molar-refractivity contribution in [3.8, 4) is 5.75 Å². The van der Waals surface area contributed by atoms with Gasteiger partial charge in [-0.1, -0.05) is 24.4 Å². The predicted molar refractivity (Wildman–Crippen MR) is 74.2 cm³/mol. The van der Waals surface area contributed by atoms with E-state index in [0.29, 0.717) is 5.02 Å². The van der Waals surface area contributed by atoms with Crippen molar-refractivity contribution in [1.82, 2.24) is 0 Å². The second-order valence-electron chi connectivity index (χ2n) is 5.09. The summed E-state index contributed by atoms with van der Waals surface area (Å²) < 4.78 is 6.06. The molecule has 0 aromatic heterocycles. The van der Waals surface area contributed by atoms with Crippen LogP contribution in [-0.4, -0.2) is 11.2 Å². The van der Waals surface area contributed by atoms with Crippen molar-refractivity contribution < 1.29 is 9.84 Å². The van der Waals surface area contributed by atoms with Crippen molar-refractivity contribution in [2.75, 3.05) is 0 Å². The van der Waals surface area contributed by atoms with Crippen LogP contribution in [0.5, 0.6) is 5.75 Å². The summed E-state index contributed by atoms with van der Waals surface area (Å²) in [5, 5.41) is 10.4. The van der Waals surface area contributed by atoms with E-state index in [9.17, 15) is 5.11 Å². The molecule has 3 heteroatoms. The monoisotopic (exact) mass is 268 g/mol. The Morgan fingerprint density at radius 1 is 1.22 bits per heavy atom. The van der Waals surface area contributed by atoms with E-state index in [2.05, 4.69) is 0 Å². The third kappa shape index (κ3) is 3.63. The van der Waals surface area contributed by atoms with Gasteiger partial charge in [0.1, 0.15) is 5.75 Å². The Morgan fingerprint density at radius 3 is 2.50 bits per heavy atom. The molecule has 0 saturated heterocycles. The molecule has 1 fully saturated rings. The minimum absolute atomic E-state index is 0.283. The van der Waals surface area contributed by atoms with Crippen LogP contribution in [0.3, 0.4) is 0 Å². The first-order valence-corrected chi connectivity index (χ1v) is 7.19. The number of hydrogen-bond donors (Lipinski definition) is 1. The minimum Gasteiger partial charge on any atom is -0.490 e. The molecule has 1 N–H and O–H groups in total. The molecule has 0 bridgehead atoms. The van der Waals surface area contributed by atoms with E-state index in [1.54, 1.807) is 13.0 Å². The van der Waals surface area contributed by atoms with Gasteiger partial charge in [0.25, 0.3) is 0 Å². The predicted octanol–water partition coefficient (Wildman–Crippen LogP) is 4.49. The van der Waals surface area contributed by atoms with Crippen LogP contribution < -0.4 is 4.74 Å². The van der Waals surface area contributed by atoms with Gasteiger partial charge in [0.2, 0.25) is 0 Å². The summed E-state index contributed by atoms with van der Waals surface area (Å²) >= 11 is 5.96. The van der Waals surface area contributed by atoms with Gasteiger partial charge in [0.15, 0.2) is 0 Å². The Balaban J connectivity index is 2.12. The molecule has 1 aliphatic carbocycles. The number of aliphatic hydroxyl groups is 1. The van der Waals surface area contributed by atoms with Crippen molar-refractivity contribution in [3.63, 3.8) is 0 Å². The summed E-state index contributed by atoms with van der Waals surface area (Å²) in [5.74, 6) is 0.779. The van der Waals surface area contributed by atoms with Crippen LogP contribution in [-0.2, 0) is 0 Å². The summed E-state index contributed by atoms with van der Waals surface area (Å²) in [6.45, 7) is 1.74. The SMILES string of the molecule is CC(O)c1cc(Cl)ccc1OC1CCCCCC1. The lowest BCUT2D eigenvalue weighted by atomic mass is 10.1. The lowest BCUT2D eigenvalue weighted by molar-refractivity contribution is 0.161. The van der Waals surface area contributed by atoms with Crippen molar-refractivity contribution >= 4 is 11.6 Å². The largest absolute Gasteiger partial charge is 0.490 e.